The standard InChI is InChI=1S/C23H27NO4/c1-26-20-13-19(23(25)24-15-17-9-5-3-6-10-17)14-21(27-2)22(20)28-16-18-11-7-4-8-12-18/h3-5,7-8,11-14,17H,6,9-10,15-16H2,1-2H3,(H,24,25). The van der Waals surface area contributed by atoms with Crippen molar-refractivity contribution in [2.75, 3.05) is 20.8 Å². The van der Waals surface area contributed by atoms with Gasteiger partial charge in [-0.2, -0.15) is 0 Å². The number of hydrogen-bond donors (Lipinski definition) is 1. The first kappa shape index (κ1) is 19.8. The Morgan fingerprint density at radius 3 is 2.39 bits per heavy atom. The minimum atomic E-state index is -0.138. The largest absolute Gasteiger partial charge is 0.493 e. The van der Waals surface area contributed by atoms with Crippen LogP contribution in [-0.4, -0.2) is 26.7 Å². The van der Waals surface area contributed by atoms with E-state index in [0.29, 0.717) is 41.9 Å². The van der Waals surface area contributed by atoms with Gasteiger partial charge in [-0.15, -0.1) is 0 Å². The Bertz CT molecular complexity index is 792. The van der Waals surface area contributed by atoms with E-state index in [1.165, 1.54) is 0 Å². The monoisotopic (exact) mass is 381 g/mol. The average Bonchev–Trinajstić information content (AvgIpc) is 2.76. The molecule has 1 atom stereocenters. The molecule has 0 heterocycles. The molecule has 1 N–H and O–H groups in total. The summed E-state index contributed by atoms with van der Waals surface area (Å²) in [6.45, 7) is 1.05. The van der Waals surface area contributed by atoms with Gasteiger partial charge in [0.1, 0.15) is 6.61 Å². The number of nitrogens with one attached hydrogen (secondary N) is 1. The summed E-state index contributed by atoms with van der Waals surface area (Å²) in [5.74, 6) is 1.79. The van der Waals surface area contributed by atoms with Crippen LogP contribution < -0.4 is 19.5 Å². The Labute approximate surface area is 166 Å². The summed E-state index contributed by atoms with van der Waals surface area (Å²) in [4.78, 5) is 12.6. The van der Waals surface area contributed by atoms with Gasteiger partial charge in [0, 0.05) is 12.1 Å². The molecule has 0 saturated heterocycles. The van der Waals surface area contributed by atoms with E-state index < -0.39 is 0 Å². The number of benzene rings is 2. The predicted octanol–water partition coefficient (Wildman–Crippen LogP) is 4.37. The summed E-state index contributed by atoms with van der Waals surface area (Å²) in [7, 11) is 3.11. The second-order valence-corrected chi connectivity index (χ2v) is 6.84. The van der Waals surface area contributed by atoms with Crippen molar-refractivity contribution >= 4 is 5.91 Å². The molecule has 2 aromatic carbocycles. The molecule has 1 amide bonds. The Kier molecular flexibility index (Phi) is 6.95. The fraction of sp³-hybridized carbons (Fsp3) is 0.348. The summed E-state index contributed by atoms with van der Waals surface area (Å²) in [6.07, 6.45) is 7.58. The Morgan fingerprint density at radius 2 is 1.79 bits per heavy atom. The maximum Gasteiger partial charge on any atom is 0.251 e. The molecule has 1 aliphatic rings. The van der Waals surface area contributed by atoms with Gasteiger partial charge in [-0.1, -0.05) is 42.5 Å². The van der Waals surface area contributed by atoms with Crippen LogP contribution in [0.2, 0.25) is 0 Å². The number of carbonyl (C=O) groups excluding carboxylic acids is 1. The second kappa shape index (κ2) is 9.83. The number of ether oxygens (including phenoxy) is 3. The normalized spacial score (nSPS) is 15.7. The third kappa shape index (κ3) is 5.06. The number of methoxy groups -OCH3 is 2. The Hall–Kier alpha value is -2.95. The van der Waals surface area contributed by atoms with E-state index in [-0.39, 0.29) is 5.91 Å². The van der Waals surface area contributed by atoms with Crippen molar-refractivity contribution in [2.24, 2.45) is 5.92 Å². The zero-order chi connectivity index (χ0) is 19.8. The van der Waals surface area contributed by atoms with E-state index in [9.17, 15) is 4.79 Å². The molecule has 0 radical (unpaired) electrons. The lowest BCUT2D eigenvalue weighted by Gasteiger charge is -2.19. The topological polar surface area (TPSA) is 56.8 Å². The van der Waals surface area contributed by atoms with Crippen molar-refractivity contribution in [2.45, 2.75) is 25.9 Å². The van der Waals surface area contributed by atoms with Gasteiger partial charge in [0.05, 0.1) is 14.2 Å². The molecule has 0 aliphatic heterocycles. The summed E-state index contributed by atoms with van der Waals surface area (Å²) in [5, 5.41) is 3.02. The molecule has 0 saturated carbocycles. The summed E-state index contributed by atoms with van der Waals surface area (Å²) >= 11 is 0. The number of carbonyl (C=O) groups is 1. The highest BCUT2D eigenvalue weighted by atomic mass is 16.5. The van der Waals surface area contributed by atoms with E-state index in [4.69, 9.17) is 14.2 Å². The van der Waals surface area contributed by atoms with Crippen molar-refractivity contribution in [3.05, 3.63) is 65.7 Å². The summed E-state index contributed by atoms with van der Waals surface area (Å²) < 4.78 is 16.9. The van der Waals surface area contributed by atoms with Crippen LogP contribution in [0.3, 0.4) is 0 Å². The van der Waals surface area contributed by atoms with E-state index in [2.05, 4.69) is 17.5 Å². The van der Waals surface area contributed by atoms with Crippen LogP contribution in [-0.2, 0) is 6.61 Å². The molecular formula is C23H27NO4. The first-order valence-electron chi connectivity index (χ1n) is 9.57. The van der Waals surface area contributed by atoms with Crippen molar-refractivity contribution in [1.29, 1.82) is 0 Å². The lowest BCUT2D eigenvalue weighted by molar-refractivity contribution is 0.0945. The van der Waals surface area contributed by atoms with Gasteiger partial charge in [-0.25, -0.2) is 0 Å². The third-order valence-electron chi connectivity index (χ3n) is 4.88. The Balaban J connectivity index is 1.72. The van der Waals surface area contributed by atoms with Gasteiger partial charge in [0.2, 0.25) is 5.75 Å². The van der Waals surface area contributed by atoms with Crippen molar-refractivity contribution < 1.29 is 19.0 Å². The smallest absolute Gasteiger partial charge is 0.251 e. The minimum absolute atomic E-state index is 0.138. The molecule has 2 aromatic rings. The zero-order valence-electron chi connectivity index (χ0n) is 16.4. The maximum atomic E-state index is 12.6. The lowest BCUT2D eigenvalue weighted by atomic mass is 9.94. The van der Waals surface area contributed by atoms with Gasteiger partial charge in [0.15, 0.2) is 11.5 Å². The van der Waals surface area contributed by atoms with Crippen LogP contribution in [0, 0.1) is 5.92 Å². The summed E-state index contributed by atoms with van der Waals surface area (Å²) in [6, 6.07) is 13.2. The molecule has 148 valence electrons. The molecule has 1 aliphatic carbocycles. The summed E-state index contributed by atoms with van der Waals surface area (Å²) in [5.41, 5.74) is 1.53. The van der Waals surface area contributed by atoms with Crippen LogP contribution in [0.15, 0.2) is 54.6 Å². The third-order valence-corrected chi connectivity index (χ3v) is 4.88. The number of hydrogen-bond acceptors (Lipinski definition) is 4. The highest BCUT2D eigenvalue weighted by Gasteiger charge is 2.19. The van der Waals surface area contributed by atoms with Crippen LogP contribution in [0.4, 0.5) is 0 Å². The molecule has 3 rings (SSSR count). The molecular weight excluding hydrogens is 354 g/mol. The lowest BCUT2D eigenvalue weighted by Crippen LogP contribution is -2.29. The van der Waals surface area contributed by atoms with Gasteiger partial charge in [0.25, 0.3) is 5.91 Å². The van der Waals surface area contributed by atoms with Gasteiger partial charge in [-0.3, -0.25) is 4.79 Å². The molecule has 1 unspecified atom stereocenters. The van der Waals surface area contributed by atoms with Crippen LogP contribution in [0.5, 0.6) is 17.2 Å². The van der Waals surface area contributed by atoms with E-state index >= 15 is 0 Å². The predicted molar refractivity (Wildman–Crippen MR) is 109 cm³/mol. The minimum Gasteiger partial charge on any atom is -0.493 e. The number of rotatable bonds is 8. The van der Waals surface area contributed by atoms with Crippen LogP contribution >= 0.6 is 0 Å². The van der Waals surface area contributed by atoms with E-state index in [1.54, 1.807) is 26.4 Å². The zero-order valence-corrected chi connectivity index (χ0v) is 16.4. The second-order valence-electron chi connectivity index (χ2n) is 6.84. The first-order chi connectivity index (χ1) is 13.7. The molecule has 5 heteroatoms. The Morgan fingerprint density at radius 1 is 1.07 bits per heavy atom. The number of allylic oxidation sites excluding steroid dienone is 2. The van der Waals surface area contributed by atoms with Crippen LogP contribution in [0.25, 0.3) is 0 Å². The number of amides is 1. The van der Waals surface area contributed by atoms with E-state index in [1.807, 2.05) is 30.3 Å². The van der Waals surface area contributed by atoms with Gasteiger partial charge < -0.3 is 19.5 Å². The molecule has 28 heavy (non-hydrogen) atoms. The highest BCUT2D eigenvalue weighted by Crippen LogP contribution is 2.39. The molecule has 5 nitrogen and oxygen atoms in total. The highest BCUT2D eigenvalue weighted by molar-refractivity contribution is 5.95. The molecule has 0 spiro atoms. The molecule has 0 fully saturated rings. The SMILES string of the molecule is COc1cc(C(=O)NCC2CC=CCC2)cc(OC)c1OCc1ccccc1. The van der Waals surface area contributed by atoms with Gasteiger partial charge in [-0.05, 0) is 42.9 Å². The van der Waals surface area contributed by atoms with Crippen LogP contribution in [0.1, 0.15) is 35.2 Å². The first-order valence-corrected chi connectivity index (χ1v) is 9.57. The van der Waals surface area contributed by atoms with Crippen molar-refractivity contribution in [1.82, 2.24) is 5.32 Å². The molecule has 0 bridgehead atoms. The fourth-order valence-electron chi connectivity index (χ4n) is 3.26. The van der Waals surface area contributed by atoms with Crippen molar-refractivity contribution in [3.8, 4) is 17.2 Å². The fourth-order valence-corrected chi connectivity index (χ4v) is 3.26. The van der Waals surface area contributed by atoms with Gasteiger partial charge >= 0.3 is 0 Å². The maximum absolute atomic E-state index is 12.6. The quantitative estimate of drug-likeness (QED) is 0.690. The average molecular weight is 381 g/mol. The van der Waals surface area contributed by atoms with E-state index in [0.717, 1.165) is 24.8 Å². The van der Waals surface area contributed by atoms with Crippen molar-refractivity contribution in [3.63, 3.8) is 0 Å². The molecule has 0 aromatic heterocycles.